The van der Waals surface area contributed by atoms with E-state index in [1.165, 1.54) is 11.0 Å². The molecular weight excluding hydrogens is 222 g/mol. The Bertz CT molecular complexity index is 487. The lowest BCUT2D eigenvalue weighted by atomic mass is 10.1. The lowest BCUT2D eigenvalue weighted by Crippen LogP contribution is -2.19. The van der Waals surface area contributed by atoms with Gasteiger partial charge in [-0.2, -0.15) is 5.10 Å². The van der Waals surface area contributed by atoms with Crippen molar-refractivity contribution in [3.8, 4) is 0 Å². The number of H-pyrrole nitrogens is 1. The van der Waals surface area contributed by atoms with Crippen molar-refractivity contribution >= 4 is 11.7 Å². The topological polar surface area (TPSA) is 101 Å². The number of nitrogens with zero attached hydrogens (tertiary/aromatic N) is 5. The first kappa shape index (κ1) is 11.2. The van der Waals surface area contributed by atoms with Gasteiger partial charge in [-0.1, -0.05) is 13.8 Å². The minimum absolute atomic E-state index is 0.0663. The molecule has 0 bridgehead atoms. The SMILES string of the molecule is CC(C)c1cc(NC(=O)Cn2cnnn2)n[nH]1. The molecule has 2 heterocycles. The Hall–Kier alpha value is -2.25. The summed E-state index contributed by atoms with van der Waals surface area (Å²) < 4.78 is 1.34. The smallest absolute Gasteiger partial charge is 0.247 e. The van der Waals surface area contributed by atoms with Crippen LogP contribution in [0.5, 0.6) is 0 Å². The number of carbonyl (C=O) groups excluding carboxylic acids is 1. The molecule has 0 aliphatic carbocycles. The molecule has 90 valence electrons. The van der Waals surface area contributed by atoms with Crippen LogP contribution in [0.25, 0.3) is 0 Å². The summed E-state index contributed by atoms with van der Waals surface area (Å²) in [4.78, 5) is 11.6. The molecule has 0 aromatic carbocycles. The van der Waals surface area contributed by atoms with E-state index in [1.54, 1.807) is 0 Å². The minimum atomic E-state index is -0.223. The number of rotatable bonds is 4. The van der Waals surface area contributed by atoms with Gasteiger partial charge in [0.1, 0.15) is 12.9 Å². The van der Waals surface area contributed by atoms with Gasteiger partial charge in [0.2, 0.25) is 5.91 Å². The van der Waals surface area contributed by atoms with E-state index in [0.717, 1.165) is 5.69 Å². The van der Waals surface area contributed by atoms with Crippen molar-refractivity contribution in [3.05, 3.63) is 18.1 Å². The molecule has 0 saturated carbocycles. The van der Waals surface area contributed by atoms with Crippen LogP contribution in [-0.4, -0.2) is 36.3 Å². The summed E-state index contributed by atoms with van der Waals surface area (Å²) in [6, 6.07) is 1.81. The number of hydrogen-bond donors (Lipinski definition) is 2. The number of amides is 1. The second kappa shape index (κ2) is 4.73. The van der Waals surface area contributed by atoms with Crippen LogP contribution in [0.4, 0.5) is 5.82 Å². The zero-order valence-corrected chi connectivity index (χ0v) is 9.58. The quantitative estimate of drug-likeness (QED) is 0.785. The van der Waals surface area contributed by atoms with Gasteiger partial charge in [-0.15, -0.1) is 5.10 Å². The van der Waals surface area contributed by atoms with Crippen LogP contribution in [0.15, 0.2) is 12.4 Å². The first-order valence-electron chi connectivity index (χ1n) is 5.21. The number of carbonyl (C=O) groups is 1. The molecule has 8 heteroatoms. The largest absolute Gasteiger partial charge is 0.308 e. The van der Waals surface area contributed by atoms with Crippen LogP contribution in [0.3, 0.4) is 0 Å². The van der Waals surface area contributed by atoms with Gasteiger partial charge in [-0.3, -0.25) is 9.89 Å². The van der Waals surface area contributed by atoms with Gasteiger partial charge < -0.3 is 5.32 Å². The molecular formula is C9H13N7O. The number of aromatic nitrogens is 6. The van der Waals surface area contributed by atoms with Gasteiger partial charge in [0.25, 0.3) is 0 Å². The van der Waals surface area contributed by atoms with Crippen LogP contribution in [-0.2, 0) is 11.3 Å². The van der Waals surface area contributed by atoms with Crippen LogP contribution in [0.2, 0.25) is 0 Å². The Morgan fingerprint density at radius 1 is 1.59 bits per heavy atom. The summed E-state index contributed by atoms with van der Waals surface area (Å²) in [5.41, 5.74) is 0.975. The van der Waals surface area contributed by atoms with Gasteiger partial charge in [-0.25, -0.2) is 4.68 Å². The fourth-order valence-corrected chi connectivity index (χ4v) is 1.28. The monoisotopic (exact) mass is 235 g/mol. The Labute approximate surface area is 97.4 Å². The lowest BCUT2D eigenvalue weighted by Gasteiger charge is -2.00. The number of tetrazole rings is 1. The summed E-state index contributed by atoms with van der Waals surface area (Å²) in [7, 11) is 0. The third kappa shape index (κ3) is 2.86. The van der Waals surface area contributed by atoms with E-state index in [1.807, 2.05) is 19.9 Å². The normalized spacial score (nSPS) is 10.8. The van der Waals surface area contributed by atoms with Gasteiger partial charge >= 0.3 is 0 Å². The van der Waals surface area contributed by atoms with Crippen molar-refractivity contribution in [1.29, 1.82) is 0 Å². The van der Waals surface area contributed by atoms with Crippen molar-refractivity contribution in [2.75, 3.05) is 5.32 Å². The highest BCUT2D eigenvalue weighted by molar-refractivity contribution is 5.89. The van der Waals surface area contributed by atoms with E-state index in [4.69, 9.17) is 0 Å². The molecule has 0 unspecified atom stereocenters. The highest BCUT2D eigenvalue weighted by Crippen LogP contribution is 2.14. The Morgan fingerprint density at radius 3 is 3.00 bits per heavy atom. The summed E-state index contributed by atoms with van der Waals surface area (Å²) in [5, 5.41) is 20.0. The van der Waals surface area contributed by atoms with Gasteiger partial charge in [0.05, 0.1) is 0 Å². The summed E-state index contributed by atoms with van der Waals surface area (Å²) in [5.74, 6) is 0.624. The molecule has 0 fully saturated rings. The highest BCUT2D eigenvalue weighted by Gasteiger charge is 2.08. The van der Waals surface area contributed by atoms with Gasteiger partial charge in [0, 0.05) is 11.8 Å². The van der Waals surface area contributed by atoms with Crippen LogP contribution in [0, 0.1) is 0 Å². The molecule has 2 aromatic heterocycles. The Morgan fingerprint density at radius 2 is 2.41 bits per heavy atom. The average molecular weight is 235 g/mol. The van der Waals surface area contributed by atoms with Crippen molar-refractivity contribution < 1.29 is 4.79 Å². The van der Waals surface area contributed by atoms with E-state index in [-0.39, 0.29) is 12.5 Å². The molecule has 0 radical (unpaired) electrons. The Balaban J connectivity index is 1.93. The predicted molar refractivity (Wildman–Crippen MR) is 59.1 cm³/mol. The van der Waals surface area contributed by atoms with E-state index in [9.17, 15) is 4.79 Å². The lowest BCUT2D eigenvalue weighted by molar-refractivity contribution is -0.116. The van der Waals surface area contributed by atoms with Crippen molar-refractivity contribution in [1.82, 2.24) is 30.4 Å². The second-order valence-corrected chi connectivity index (χ2v) is 3.92. The highest BCUT2D eigenvalue weighted by atomic mass is 16.2. The van der Waals surface area contributed by atoms with Crippen LogP contribution >= 0.6 is 0 Å². The molecule has 0 aliphatic rings. The molecule has 2 N–H and O–H groups in total. The fourth-order valence-electron chi connectivity index (χ4n) is 1.28. The maximum Gasteiger partial charge on any atom is 0.247 e. The molecule has 0 atom stereocenters. The van der Waals surface area contributed by atoms with Crippen molar-refractivity contribution in [2.45, 2.75) is 26.3 Å². The number of aromatic amines is 1. The zero-order chi connectivity index (χ0) is 12.3. The number of hydrogen-bond acceptors (Lipinski definition) is 5. The third-order valence-electron chi connectivity index (χ3n) is 2.18. The third-order valence-corrected chi connectivity index (χ3v) is 2.18. The summed E-state index contributed by atoms with van der Waals surface area (Å²) in [6.45, 7) is 4.15. The van der Waals surface area contributed by atoms with E-state index < -0.39 is 0 Å². The molecule has 2 aromatic rings. The van der Waals surface area contributed by atoms with Crippen LogP contribution < -0.4 is 5.32 Å². The molecule has 2 rings (SSSR count). The van der Waals surface area contributed by atoms with E-state index in [2.05, 4.69) is 31.0 Å². The number of anilines is 1. The first-order chi connectivity index (χ1) is 8.15. The van der Waals surface area contributed by atoms with Gasteiger partial charge in [-0.05, 0) is 16.3 Å². The van der Waals surface area contributed by atoms with Crippen LogP contribution in [0.1, 0.15) is 25.5 Å². The molecule has 0 spiro atoms. The number of nitrogens with one attached hydrogen (secondary N) is 2. The minimum Gasteiger partial charge on any atom is -0.308 e. The standard InChI is InChI=1S/C9H13N7O/c1-6(2)7-3-8(13-12-7)11-9(17)4-16-5-10-14-15-16/h3,5-6H,4H2,1-2H3,(H2,11,12,13,17). The average Bonchev–Trinajstić information content (AvgIpc) is 2.88. The first-order valence-corrected chi connectivity index (χ1v) is 5.21. The fraction of sp³-hybridized carbons (Fsp3) is 0.444. The molecule has 0 aliphatic heterocycles. The molecule has 1 amide bonds. The maximum atomic E-state index is 11.6. The maximum absolute atomic E-state index is 11.6. The predicted octanol–water partition coefficient (Wildman–Crippen LogP) is 0.158. The molecule has 8 nitrogen and oxygen atoms in total. The van der Waals surface area contributed by atoms with Crippen molar-refractivity contribution in [2.24, 2.45) is 0 Å². The van der Waals surface area contributed by atoms with Crippen molar-refractivity contribution in [3.63, 3.8) is 0 Å². The second-order valence-electron chi connectivity index (χ2n) is 3.92. The van der Waals surface area contributed by atoms with E-state index >= 15 is 0 Å². The molecule has 17 heavy (non-hydrogen) atoms. The van der Waals surface area contributed by atoms with E-state index in [0.29, 0.717) is 11.7 Å². The zero-order valence-electron chi connectivity index (χ0n) is 9.58. The molecule has 0 saturated heterocycles. The van der Waals surface area contributed by atoms with Gasteiger partial charge in [0.15, 0.2) is 5.82 Å². The summed E-state index contributed by atoms with van der Waals surface area (Å²) in [6.07, 6.45) is 1.38. The Kier molecular flexibility index (Phi) is 3.12. The summed E-state index contributed by atoms with van der Waals surface area (Å²) >= 11 is 0.